The smallest absolute Gasteiger partial charge is 0.306 e. The maximum Gasteiger partial charge on any atom is 0.306 e. The van der Waals surface area contributed by atoms with Crippen molar-refractivity contribution in [2.45, 2.75) is 237 Å². The van der Waals surface area contributed by atoms with E-state index in [0.717, 1.165) is 92.4 Å². The first kappa shape index (κ1) is 68.7. The summed E-state index contributed by atoms with van der Waals surface area (Å²) in [5.74, 6) is -1.91. The molecule has 0 saturated carbocycles. The summed E-state index contributed by atoms with van der Waals surface area (Å²) >= 11 is 0. The molecular formula is C72H104O12. The number of benzene rings is 4. The highest BCUT2D eigenvalue weighted by Gasteiger charge is 2.36. The fraction of sp³-hybridized carbons (Fsp3) is 0.611. The Kier molecular flexibility index (Phi) is 21.5. The van der Waals surface area contributed by atoms with E-state index in [1.165, 1.54) is 0 Å². The van der Waals surface area contributed by atoms with Crippen molar-refractivity contribution in [3.63, 3.8) is 0 Å². The average Bonchev–Trinajstić information content (AvgIpc) is 1.69. The minimum atomic E-state index is -1.00. The molecule has 1 aliphatic rings. The van der Waals surface area contributed by atoms with Crippen LogP contribution < -0.4 is 18.9 Å². The van der Waals surface area contributed by atoms with Gasteiger partial charge in [-0.05, 0) is 136 Å². The van der Waals surface area contributed by atoms with Gasteiger partial charge in [-0.25, -0.2) is 0 Å². The van der Waals surface area contributed by atoms with Crippen LogP contribution in [0.15, 0.2) is 48.5 Å². The number of aliphatic carboxylic acids is 4. The van der Waals surface area contributed by atoms with Gasteiger partial charge in [-0.3, -0.25) is 19.2 Å². The molecule has 0 spiro atoms. The third kappa shape index (κ3) is 20.0. The van der Waals surface area contributed by atoms with E-state index in [1.807, 2.05) is 0 Å². The number of hydrogen-bond donors (Lipinski definition) is 4. The Hall–Kier alpha value is -6.04. The van der Waals surface area contributed by atoms with E-state index in [4.69, 9.17) is 18.9 Å². The molecule has 8 bridgehead atoms. The largest absolute Gasteiger partial charge is 0.492 e. The minimum Gasteiger partial charge on any atom is -0.492 e. The van der Waals surface area contributed by atoms with Crippen LogP contribution in [-0.4, -0.2) is 70.7 Å². The molecule has 0 radical (unpaired) electrons. The molecule has 464 valence electrons. The van der Waals surface area contributed by atoms with E-state index in [-0.39, 0.29) is 99.5 Å². The highest BCUT2D eigenvalue weighted by atomic mass is 16.5. The molecule has 0 amide bonds. The Morgan fingerprint density at radius 2 is 0.440 bits per heavy atom. The van der Waals surface area contributed by atoms with Crippen LogP contribution in [0.3, 0.4) is 0 Å². The van der Waals surface area contributed by atoms with Crippen LogP contribution in [0.5, 0.6) is 23.0 Å². The van der Waals surface area contributed by atoms with Crippen LogP contribution in [0.2, 0.25) is 0 Å². The Morgan fingerprint density at radius 1 is 0.298 bits per heavy atom. The quantitative estimate of drug-likeness (QED) is 0.0459. The molecule has 12 nitrogen and oxygen atoms in total. The maximum absolute atomic E-state index is 12.4. The monoisotopic (exact) mass is 1160 g/mol. The summed E-state index contributed by atoms with van der Waals surface area (Å²) < 4.78 is 27.5. The van der Waals surface area contributed by atoms with Gasteiger partial charge in [0.25, 0.3) is 0 Å². The van der Waals surface area contributed by atoms with Gasteiger partial charge < -0.3 is 39.4 Å². The van der Waals surface area contributed by atoms with E-state index in [2.05, 4.69) is 187 Å². The van der Waals surface area contributed by atoms with Crippen molar-refractivity contribution in [1.82, 2.24) is 0 Å². The molecule has 0 atom stereocenters. The number of ether oxygens (including phenoxy) is 4. The van der Waals surface area contributed by atoms with E-state index in [0.29, 0.717) is 23.0 Å². The van der Waals surface area contributed by atoms with Crippen molar-refractivity contribution >= 4 is 23.9 Å². The first-order chi connectivity index (χ1) is 38.3. The second kappa shape index (κ2) is 26.3. The molecule has 0 aromatic heterocycles. The normalized spacial score (nSPS) is 13.8. The fourth-order valence-electron chi connectivity index (χ4n) is 13.9. The summed E-state index contributed by atoms with van der Waals surface area (Å²) in [6.45, 7) is 44.3. The first-order valence-corrected chi connectivity index (χ1v) is 30.4. The number of rotatable bonds is 24. The van der Waals surface area contributed by atoms with Gasteiger partial charge in [-0.1, -0.05) is 187 Å². The average molecular weight is 1160 g/mol. The van der Waals surface area contributed by atoms with Crippen molar-refractivity contribution in [3.05, 3.63) is 115 Å². The van der Waals surface area contributed by atoms with Crippen LogP contribution in [0, 0.1) is 21.7 Å². The lowest BCUT2D eigenvalue weighted by Gasteiger charge is -2.36. The van der Waals surface area contributed by atoms with Gasteiger partial charge in [0, 0.05) is 25.7 Å². The number of fused-ring (bicyclic) bond motifs is 8. The summed E-state index contributed by atoms with van der Waals surface area (Å²) in [5.41, 5.74) is 8.66. The van der Waals surface area contributed by atoms with Crippen molar-refractivity contribution in [1.29, 1.82) is 0 Å². The van der Waals surface area contributed by atoms with Gasteiger partial charge in [0.15, 0.2) is 0 Å². The third-order valence-electron chi connectivity index (χ3n) is 15.8. The van der Waals surface area contributed by atoms with E-state index >= 15 is 0 Å². The zero-order valence-corrected chi connectivity index (χ0v) is 55.0. The maximum atomic E-state index is 12.4. The summed E-state index contributed by atoms with van der Waals surface area (Å²) in [6.07, 6.45) is 3.24. The highest BCUT2D eigenvalue weighted by molar-refractivity contribution is 5.68. The summed E-state index contributed by atoms with van der Waals surface area (Å²) in [7, 11) is 0. The lowest BCUT2D eigenvalue weighted by molar-refractivity contribution is -0.138. The van der Waals surface area contributed by atoms with Gasteiger partial charge in [0.05, 0.1) is 52.1 Å². The van der Waals surface area contributed by atoms with Crippen LogP contribution in [0.4, 0.5) is 0 Å². The zero-order chi connectivity index (χ0) is 63.3. The van der Waals surface area contributed by atoms with Crippen LogP contribution in [0.25, 0.3) is 0 Å². The minimum absolute atomic E-state index is 0.0812. The first-order valence-electron chi connectivity index (χ1n) is 30.4. The van der Waals surface area contributed by atoms with Crippen molar-refractivity contribution in [2.24, 2.45) is 21.7 Å². The van der Waals surface area contributed by atoms with Crippen molar-refractivity contribution in [2.75, 3.05) is 26.4 Å². The summed E-state index contributed by atoms with van der Waals surface area (Å²) in [6, 6.07) is 17.6. The molecule has 5 rings (SSSR count). The molecular weight excluding hydrogens is 1060 g/mol. The molecule has 12 heteroatoms. The molecule has 0 saturated heterocycles. The Balaban J connectivity index is 2.16. The van der Waals surface area contributed by atoms with Crippen molar-refractivity contribution in [3.8, 4) is 23.0 Å². The van der Waals surface area contributed by atoms with Crippen LogP contribution in [-0.2, 0) is 66.5 Å². The van der Waals surface area contributed by atoms with Gasteiger partial charge >= 0.3 is 23.9 Å². The lowest BCUT2D eigenvalue weighted by Crippen LogP contribution is -2.26. The predicted molar refractivity (Wildman–Crippen MR) is 336 cm³/mol. The molecule has 4 aromatic rings. The lowest BCUT2D eigenvalue weighted by atomic mass is 9.70. The molecule has 0 aliphatic heterocycles. The Bertz CT molecular complexity index is 2510. The highest BCUT2D eigenvalue weighted by Crippen LogP contribution is 2.48. The van der Waals surface area contributed by atoms with Gasteiger partial charge in [0.1, 0.15) is 23.0 Å². The van der Waals surface area contributed by atoms with Crippen LogP contribution in [0.1, 0.15) is 257 Å². The zero-order valence-electron chi connectivity index (χ0n) is 55.0. The van der Waals surface area contributed by atoms with Gasteiger partial charge in [0.2, 0.25) is 0 Å². The van der Waals surface area contributed by atoms with E-state index < -0.39 is 45.5 Å². The Morgan fingerprint density at radius 3 is 0.560 bits per heavy atom. The Labute approximate surface area is 503 Å². The topological polar surface area (TPSA) is 186 Å². The number of hydrogen-bond acceptors (Lipinski definition) is 8. The third-order valence-corrected chi connectivity index (χ3v) is 15.8. The van der Waals surface area contributed by atoms with Gasteiger partial charge in [-0.2, -0.15) is 0 Å². The number of carboxylic acids is 4. The molecule has 4 aromatic carbocycles. The molecule has 1 aliphatic carbocycles. The molecule has 4 N–H and O–H groups in total. The molecule has 84 heavy (non-hydrogen) atoms. The van der Waals surface area contributed by atoms with E-state index in [9.17, 15) is 39.6 Å². The molecule has 0 heterocycles. The van der Waals surface area contributed by atoms with Crippen molar-refractivity contribution < 1.29 is 58.6 Å². The SMILES string of the molecule is CC(C)(C)CC(C)(C)c1cc2c(OCCC(=O)O)c(c1)Cc1cc(C(C)(C)CC(C)(C)C)cc(c1OCCC(=O)O)Cc1cc(C(C)(C)CC(C)(C)C)cc(c1OCCC(=O)O)Cc1cc(C(C)(C)CC(C)(C)C)cc(c1OCCC(=O)O)C2. The number of carboxylic acid groups (broad SMARTS) is 4. The van der Waals surface area contributed by atoms with Gasteiger partial charge in [-0.15, -0.1) is 0 Å². The summed E-state index contributed by atoms with van der Waals surface area (Å²) in [5, 5.41) is 40.5. The summed E-state index contributed by atoms with van der Waals surface area (Å²) in [4.78, 5) is 49.5. The predicted octanol–water partition coefficient (Wildman–Crippen LogP) is 16.6. The second-order valence-corrected chi connectivity index (χ2v) is 31.7. The second-order valence-electron chi connectivity index (χ2n) is 31.7. The fourth-order valence-corrected chi connectivity index (χ4v) is 13.9. The number of carbonyl (C=O) groups is 4. The van der Waals surface area contributed by atoms with Crippen LogP contribution >= 0.6 is 0 Å². The molecule has 0 fully saturated rings. The molecule has 0 unspecified atom stereocenters. The standard InChI is InChI=1S/C72H104O12/c1-65(2,3)41-69(13,14)53-33-45-29-47-35-54(70(15,16)42-66(4,5)6)37-49(62(47)82-26-22-58(75)76)31-51-39-56(72(19,20)44-68(10,11)12)40-52(64(51)84-28-24-60(79)80)32-50-38-55(71(17,18)43-67(7,8)9)36-48(63(50)83-27-23-59(77)78)30-46(34-53)61(45)81-25-21-57(73)74/h33-40H,21-32,41-44H2,1-20H3,(H,73,74)(H,75,76)(H,77,78)(H,79,80). The van der Waals surface area contributed by atoms with E-state index in [1.54, 1.807) is 0 Å².